The molecule has 0 heterocycles. The quantitative estimate of drug-likeness (QED) is 0.917. The maximum atomic E-state index is 10.7. The molecule has 1 N–H and O–H groups in total. The highest BCUT2D eigenvalue weighted by molar-refractivity contribution is 9.10. The maximum absolute atomic E-state index is 10.7. The van der Waals surface area contributed by atoms with Gasteiger partial charge in [0.1, 0.15) is 0 Å². The van der Waals surface area contributed by atoms with E-state index in [4.69, 9.17) is 9.84 Å². The molecule has 1 aromatic carbocycles. The lowest BCUT2D eigenvalue weighted by atomic mass is 10.1. The molecule has 0 amide bonds. The number of hydrogen-bond acceptors (Lipinski definition) is 2. The monoisotopic (exact) mass is 272 g/mol. The second-order valence-corrected chi connectivity index (χ2v) is 4.33. The first kappa shape index (κ1) is 12.2. The van der Waals surface area contributed by atoms with Crippen molar-refractivity contribution in [1.82, 2.24) is 0 Å². The van der Waals surface area contributed by atoms with Crippen molar-refractivity contribution in [3.05, 3.63) is 33.8 Å². The number of carboxylic acid groups (broad SMARTS) is 1. The molecule has 0 bridgehead atoms. The van der Waals surface area contributed by atoms with Gasteiger partial charge in [-0.15, -0.1) is 0 Å². The third-order valence-corrected chi connectivity index (χ3v) is 2.50. The molecule has 0 atom stereocenters. The third-order valence-electron chi connectivity index (χ3n) is 1.85. The predicted molar refractivity (Wildman–Crippen MR) is 61.0 cm³/mol. The number of aromatic carboxylic acids is 1. The zero-order valence-electron chi connectivity index (χ0n) is 8.66. The van der Waals surface area contributed by atoms with Crippen LogP contribution >= 0.6 is 15.9 Å². The van der Waals surface area contributed by atoms with Crippen LogP contribution in [0.1, 0.15) is 29.8 Å². The Balaban J connectivity index is 2.78. The Bertz CT molecular complexity index is 361. The summed E-state index contributed by atoms with van der Waals surface area (Å²) in [7, 11) is 0. The number of hydrogen-bond donors (Lipinski definition) is 1. The van der Waals surface area contributed by atoms with Crippen LogP contribution < -0.4 is 0 Å². The summed E-state index contributed by atoms with van der Waals surface area (Å²) in [4.78, 5) is 10.7. The zero-order valence-corrected chi connectivity index (χ0v) is 10.2. The Kier molecular flexibility index (Phi) is 4.29. The van der Waals surface area contributed by atoms with E-state index in [0.717, 1.165) is 5.56 Å². The normalized spacial score (nSPS) is 10.7. The Morgan fingerprint density at radius 1 is 1.53 bits per heavy atom. The molecule has 0 unspecified atom stereocenters. The number of rotatable bonds is 4. The minimum atomic E-state index is -0.932. The van der Waals surface area contributed by atoms with Crippen LogP contribution in [-0.4, -0.2) is 17.2 Å². The number of ether oxygens (including phenoxy) is 1. The van der Waals surface area contributed by atoms with Crippen molar-refractivity contribution in [1.29, 1.82) is 0 Å². The first-order chi connectivity index (χ1) is 7.00. The number of halogens is 1. The molecular formula is C11H13BrO3. The van der Waals surface area contributed by atoms with E-state index in [2.05, 4.69) is 15.9 Å². The van der Waals surface area contributed by atoms with Crippen LogP contribution in [0.3, 0.4) is 0 Å². The van der Waals surface area contributed by atoms with Gasteiger partial charge in [0.25, 0.3) is 0 Å². The first-order valence-electron chi connectivity index (χ1n) is 4.64. The summed E-state index contributed by atoms with van der Waals surface area (Å²) >= 11 is 3.22. The molecule has 82 valence electrons. The van der Waals surface area contributed by atoms with Gasteiger partial charge < -0.3 is 9.84 Å². The molecule has 0 saturated carbocycles. The molecule has 1 rings (SSSR count). The molecule has 4 heteroatoms. The number of benzene rings is 1. The van der Waals surface area contributed by atoms with E-state index in [1.807, 2.05) is 13.8 Å². The Labute approximate surface area is 97.2 Å². The number of carboxylic acids is 1. The van der Waals surface area contributed by atoms with Gasteiger partial charge in [-0.3, -0.25) is 0 Å². The lowest BCUT2D eigenvalue weighted by Gasteiger charge is -2.08. The maximum Gasteiger partial charge on any atom is 0.336 e. The summed E-state index contributed by atoms with van der Waals surface area (Å²) in [5.74, 6) is -0.932. The van der Waals surface area contributed by atoms with Crippen molar-refractivity contribution in [3.8, 4) is 0 Å². The average molecular weight is 273 g/mol. The topological polar surface area (TPSA) is 46.5 Å². The van der Waals surface area contributed by atoms with Gasteiger partial charge in [-0.05, 0) is 47.5 Å². The molecule has 0 radical (unpaired) electrons. The smallest absolute Gasteiger partial charge is 0.336 e. The van der Waals surface area contributed by atoms with Crippen molar-refractivity contribution in [3.63, 3.8) is 0 Å². The van der Waals surface area contributed by atoms with E-state index in [1.54, 1.807) is 18.2 Å². The van der Waals surface area contributed by atoms with Crippen LogP contribution in [0.4, 0.5) is 0 Å². The number of carbonyl (C=O) groups is 1. The van der Waals surface area contributed by atoms with Crippen molar-refractivity contribution >= 4 is 21.9 Å². The highest BCUT2D eigenvalue weighted by Crippen LogP contribution is 2.19. The van der Waals surface area contributed by atoms with Crippen molar-refractivity contribution in [2.45, 2.75) is 26.6 Å². The van der Waals surface area contributed by atoms with Gasteiger partial charge in [0.05, 0.1) is 18.3 Å². The SMILES string of the molecule is CC(C)OCc1ccc(C(=O)O)c(Br)c1. The molecule has 0 aliphatic heterocycles. The van der Waals surface area contributed by atoms with Crippen molar-refractivity contribution < 1.29 is 14.6 Å². The summed E-state index contributed by atoms with van der Waals surface area (Å²) < 4.78 is 6.00. The van der Waals surface area contributed by atoms with E-state index >= 15 is 0 Å². The summed E-state index contributed by atoms with van der Waals surface area (Å²) in [5.41, 5.74) is 1.23. The van der Waals surface area contributed by atoms with E-state index in [-0.39, 0.29) is 11.7 Å². The molecule has 0 saturated heterocycles. The van der Waals surface area contributed by atoms with E-state index < -0.39 is 5.97 Å². The highest BCUT2D eigenvalue weighted by atomic mass is 79.9. The summed E-state index contributed by atoms with van der Waals surface area (Å²) in [6.07, 6.45) is 0.169. The fourth-order valence-corrected chi connectivity index (χ4v) is 1.68. The van der Waals surface area contributed by atoms with Gasteiger partial charge in [-0.2, -0.15) is 0 Å². The molecule has 0 aliphatic carbocycles. The summed E-state index contributed by atoms with van der Waals surface area (Å²) in [5, 5.41) is 8.81. The van der Waals surface area contributed by atoms with Crippen molar-refractivity contribution in [2.24, 2.45) is 0 Å². The third kappa shape index (κ3) is 3.64. The molecule has 0 aliphatic rings. The second kappa shape index (κ2) is 5.28. The van der Waals surface area contributed by atoms with Crippen LogP contribution in [0.2, 0.25) is 0 Å². The van der Waals surface area contributed by atoms with Gasteiger partial charge in [-0.25, -0.2) is 4.79 Å². The standard InChI is InChI=1S/C11H13BrO3/c1-7(2)15-6-8-3-4-9(11(13)14)10(12)5-8/h3-5,7H,6H2,1-2H3,(H,13,14). The molecular weight excluding hydrogens is 260 g/mol. The van der Waals surface area contributed by atoms with Gasteiger partial charge in [0.2, 0.25) is 0 Å². The molecule has 1 aromatic rings. The van der Waals surface area contributed by atoms with E-state index in [0.29, 0.717) is 11.1 Å². The highest BCUT2D eigenvalue weighted by Gasteiger charge is 2.08. The fraction of sp³-hybridized carbons (Fsp3) is 0.364. The predicted octanol–water partition coefficient (Wildman–Crippen LogP) is 3.07. The molecule has 0 aromatic heterocycles. The van der Waals surface area contributed by atoms with Crippen LogP contribution in [0.25, 0.3) is 0 Å². The van der Waals surface area contributed by atoms with Gasteiger partial charge >= 0.3 is 5.97 Å². The fourth-order valence-electron chi connectivity index (χ4n) is 1.08. The Morgan fingerprint density at radius 3 is 2.67 bits per heavy atom. The first-order valence-corrected chi connectivity index (χ1v) is 5.43. The van der Waals surface area contributed by atoms with Crippen molar-refractivity contribution in [2.75, 3.05) is 0 Å². The lowest BCUT2D eigenvalue weighted by molar-refractivity contribution is 0.0652. The minimum absolute atomic E-state index is 0.169. The second-order valence-electron chi connectivity index (χ2n) is 3.48. The van der Waals surface area contributed by atoms with Gasteiger partial charge in [0.15, 0.2) is 0 Å². The summed E-state index contributed by atoms with van der Waals surface area (Å²) in [6.45, 7) is 4.41. The van der Waals surface area contributed by atoms with Crippen LogP contribution in [0, 0.1) is 0 Å². The van der Waals surface area contributed by atoms with E-state index in [9.17, 15) is 4.79 Å². The molecule has 3 nitrogen and oxygen atoms in total. The Morgan fingerprint density at radius 2 is 2.20 bits per heavy atom. The average Bonchev–Trinajstić information content (AvgIpc) is 2.14. The molecule has 0 fully saturated rings. The largest absolute Gasteiger partial charge is 0.478 e. The summed E-state index contributed by atoms with van der Waals surface area (Å²) in [6, 6.07) is 5.11. The lowest BCUT2D eigenvalue weighted by Crippen LogP contribution is -2.03. The molecule has 15 heavy (non-hydrogen) atoms. The van der Waals surface area contributed by atoms with E-state index in [1.165, 1.54) is 0 Å². The Hall–Kier alpha value is -0.870. The van der Waals surface area contributed by atoms with Gasteiger partial charge in [0, 0.05) is 4.47 Å². The molecule has 0 spiro atoms. The van der Waals surface area contributed by atoms with Crippen LogP contribution in [0.5, 0.6) is 0 Å². The minimum Gasteiger partial charge on any atom is -0.478 e. The van der Waals surface area contributed by atoms with Crippen LogP contribution in [0.15, 0.2) is 22.7 Å². The van der Waals surface area contributed by atoms with Gasteiger partial charge in [-0.1, -0.05) is 6.07 Å². The van der Waals surface area contributed by atoms with Crippen LogP contribution in [-0.2, 0) is 11.3 Å². The zero-order chi connectivity index (χ0) is 11.4.